The maximum Gasteiger partial charge on any atom is 0.0748 e. The summed E-state index contributed by atoms with van der Waals surface area (Å²) < 4.78 is 1.18. The summed E-state index contributed by atoms with van der Waals surface area (Å²) >= 11 is 3.70. The van der Waals surface area contributed by atoms with Crippen molar-refractivity contribution < 1.29 is 0 Å². The van der Waals surface area contributed by atoms with Crippen LogP contribution in [0.1, 0.15) is 12.0 Å². The molecule has 0 amide bonds. The van der Waals surface area contributed by atoms with E-state index in [2.05, 4.69) is 51.8 Å². The average molecular weight is 298 g/mol. The molecule has 94 valence electrons. The highest BCUT2D eigenvalue weighted by Crippen LogP contribution is 2.38. The Bertz CT molecular complexity index is 406. The largest absolute Gasteiger partial charge is 0.373 e. The molecule has 0 aliphatic carbocycles. The van der Waals surface area contributed by atoms with Crippen LogP contribution in [0.3, 0.4) is 0 Å². The molecule has 1 aromatic carbocycles. The van der Waals surface area contributed by atoms with Crippen LogP contribution >= 0.6 is 15.9 Å². The second kappa shape index (κ2) is 5.27. The van der Waals surface area contributed by atoms with Crippen molar-refractivity contribution in [3.63, 3.8) is 0 Å². The van der Waals surface area contributed by atoms with E-state index in [-0.39, 0.29) is 0 Å². The summed E-state index contributed by atoms with van der Waals surface area (Å²) in [6.45, 7) is 5.93. The van der Waals surface area contributed by atoms with Gasteiger partial charge in [-0.05, 0) is 47.0 Å². The molecule has 0 saturated heterocycles. The highest BCUT2D eigenvalue weighted by molar-refractivity contribution is 9.10. The van der Waals surface area contributed by atoms with Crippen LogP contribution in [0, 0.1) is 6.92 Å². The monoisotopic (exact) mass is 297 g/mol. The second-order valence-electron chi connectivity index (χ2n) is 4.67. The van der Waals surface area contributed by atoms with Gasteiger partial charge in [-0.2, -0.15) is 0 Å². The lowest BCUT2D eigenvalue weighted by Gasteiger charge is -2.27. The molecule has 0 spiro atoms. The number of benzene rings is 1. The normalized spacial score (nSPS) is 15.8. The number of hydrogen-bond donors (Lipinski definition) is 1. The molecule has 2 rings (SSSR count). The number of rotatable bonds is 2. The molecule has 0 radical (unpaired) electrons. The van der Waals surface area contributed by atoms with Crippen molar-refractivity contribution in [3.8, 4) is 0 Å². The zero-order valence-corrected chi connectivity index (χ0v) is 12.1. The van der Waals surface area contributed by atoms with Gasteiger partial charge in [0.15, 0.2) is 0 Å². The van der Waals surface area contributed by atoms with Gasteiger partial charge >= 0.3 is 0 Å². The lowest BCUT2D eigenvalue weighted by atomic mass is 10.1. The number of anilines is 2. The summed E-state index contributed by atoms with van der Waals surface area (Å²) in [5.74, 6) is 0. The minimum atomic E-state index is 0.698. The van der Waals surface area contributed by atoms with Gasteiger partial charge in [0.2, 0.25) is 0 Å². The summed E-state index contributed by atoms with van der Waals surface area (Å²) in [4.78, 5) is 4.73. The molecule has 17 heavy (non-hydrogen) atoms. The van der Waals surface area contributed by atoms with Gasteiger partial charge in [-0.1, -0.05) is 0 Å². The molecule has 1 heterocycles. The summed E-state index contributed by atoms with van der Waals surface area (Å²) in [5.41, 5.74) is 9.60. The van der Waals surface area contributed by atoms with Gasteiger partial charge in [-0.15, -0.1) is 0 Å². The Balaban J connectivity index is 2.50. The van der Waals surface area contributed by atoms with Crippen molar-refractivity contribution in [2.24, 2.45) is 5.73 Å². The molecule has 3 nitrogen and oxygen atoms in total. The third-order valence-corrected chi connectivity index (χ3v) is 3.84. The van der Waals surface area contributed by atoms with Crippen LogP contribution in [0.25, 0.3) is 0 Å². The van der Waals surface area contributed by atoms with E-state index in [4.69, 9.17) is 5.73 Å². The number of fused-ring (bicyclic) bond motifs is 1. The maximum absolute atomic E-state index is 5.71. The van der Waals surface area contributed by atoms with Crippen molar-refractivity contribution in [1.82, 2.24) is 0 Å². The molecule has 2 N–H and O–H groups in total. The van der Waals surface area contributed by atoms with E-state index >= 15 is 0 Å². The zero-order chi connectivity index (χ0) is 12.4. The molecular formula is C13H20BrN3. The van der Waals surface area contributed by atoms with Gasteiger partial charge in [0.1, 0.15) is 0 Å². The van der Waals surface area contributed by atoms with E-state index in [9.17, 15) is 0 Å². The topological polar surface area (TPSA) is 32.5 Å². The van der Waals surface area contributed by atoms with Crippen molar-refractivity contribution in [2.75, 3.05) is 43.0 Å². The first-order valence-electron chi connectivity index (χ1n) is 6.10. The summed E-state index contributed by atoms with van der Waals surface area (Å²) in [5, 5.41) is 0. The van der Waals surface area contributed by atoms with Crippen LogP contribution in [0.4, 0.5) is 11.4 Å². The van der Waals surface area contributed by atoms with E-state index in [1.807, 2.05) is 0 Å². The average Bonchev–Trinajstić information content (AvgIpc) is 2.40. The second-order valence-corrected chi connectivity index (χ2v) is 5.52. The number of halogens is 1. The Morgan fingerprint density at radius 2 is 2.12 bits per heavy atom. The molecule has 0 atom stereocenters. The summed E-state index contributed by atoms with van der Waals surface area (Å²) in [6, 6.07) is 4.44. The first-order chi connectivity index (χ1) is 8.13. The summed E-state index contributed by atoms with van der Waals surface area (Å²) in [7, 11) is 2.16. The van der Waals surface area contributed by atoms with Gasteiger partial charge in [0.25, 0.3) is 0 Å². The predicted molar refractivity (Wildman–Crippen MR) is 78.0 cm³/mol. The van der Waals surface area contributed by atoms with Crippen molar-refractivity contribution in [2.45, 2.75) is 13.3 Å². The van der Waals surface area contributed by atoms with Crippen molar-refractivity contribution in [1.29, 1.82) is 0 Å². The van der Waals surface area contributed by atoms with Gasteiger partial charge in [0, 0.05) is 37.7 Å². The molecule has 1 aliphatic rings. The minimum absolute atomic E-state index is 0.698. The van der Waals surface area contributed by atoms with Gasteiger partial charge in [0.05, 0.1) is 11.4 Å². The fourth-order valence-corrected chi connectivity index (χ4v) is 3.25. The molecule has 0 aromatic heterocycles. The Kier molecular flexibility index (Phi) is 3.94. The molecule has 0 bridgehead atoms. The molecular weight excluding hydrogens is 278 g/mol. The van der Waals surface area contributed by atoms with Gasteiger partial charge in [-0.25, -0.2) is 0 Å². The lowest BCUT2D eigenvalue weighted by Crippen LogP contribution is -2.30. The number of nitrogens with zero attached hydrogens (tertiary/aromatic N) is 2. The van der Waals surface area contributed by atoms with Gasteiger partial charge < -0.3 is 15.5 Å². The number of nitrogens with two attached hydrogens (primary N) is 1. The fraction of sp³-hybridized carbons (Fsp3) is 0.538. The lowest BCUT2D eigenvalue weighted by molar-refractivity contribution is 0.740. The van der Waals surface area contributed by atoms with Crippen molar-refractivity contribution >= 4 is 27.3 Å². The zero-order valence-electron chi connectivity index (χ0n) is 10.5. The Morgan fingerprint density at radius 3 is 2.82 bits per heavy atom. The summed E-state index contributed by atoms with van der Waals surface area (Å²) in [6.07, 6.45) is 1.18. The predicted octanol–water partition coefficient (Wildman–Crippen LogP) is 2.36. The molecule has 4 heteroatoms. The van der Waals surface area contributed by atoms with Crippen LogP contribution in [-0.2, 0) is 0 Å². The third kappa shape index (κ3) is 2.58. The first-order valence-corrected chi connectivity index (χ1v) is 6.89. The van der Waals surface area contributed by atoms with Gasteiger partial charge in [-0.3, -0.25) is 0 Å². The standard InChI is InChI=1S/C13H20BrN3/c1-10-8-11(14)13-12(9-10)16(2)5-3-6-17(13)7-4-15/h8-9H,3-7,15H2,1-2H3. The highest BCUT2D eigenvalue weighted by atomic mass is 79.9. The smallest absolute Gasteiger partial charge is 0.0748 e. The molecule has 0 saturated carbocycles. The quantitative estimate of drug-likeness (QED) is 0.910. The number of hydrogen-bond acceptors (Lipinski definition) is 3. The highest BCUT2D eigenvalue weighted by Gasteiger charge is 2.20. The van der Waals surface area contributed by atoms with E-state index in [1.54, 1.807) is 0 Å². The van der Waals surface area contributed by atoms with Crippen LogP contribution in [-0.4, -0.2) is 33.2 Å². The van der Waals surface area contributed by atoms with E-state index < -0.39 is 0 Å². The third-order valence-electron chi connectivity index (χ3n) is 3.24. The first kappa shape index (κ1) is 12.7. The molecule has 1 aliphatic heterocycles. The van der Waals surface area contributed by atoms with Crippen LogP contribution in [0.15, 0.2) is 16.6 Å². The van der Waals surface area contributed by atoms with E-state index in [1.165, 1.54) is 27.8 Å². The van der Waals surface area contributed by atoms with E-state index in [0.29, 0.717) is 6.54 Å². The Labute approximate surface area is 112 Å². The Morgan fingerprint density at radius 1 is 1.35 bits per heavy atom. The fourth-order valence-electron chi connectivity index (χ4n) is 2.43. The Hall–Kier alpha value is -0.740. The van der Waals surface area contributed by atoms with Crippen molar-refractivity contribution in [3.05, 3.63) is 22.2 Å². The minimum Gasteiger partial charge on any atom is -0.373 e. The maximum atomic E-state index is 5.71. The van der Waals surface area contributed by atoms with Crippen LogP contribution < -0.4 is 15.5 Å². The van der Waals surface area contributed by atoms with Crippen LogP contribution in [0.2, 0.25) is 0 Å². The molecule has 1 aromatic rings. The SMILES string of the molecule is Cc1cc(Br)c2c(c1)N(C)CCCN2CCN. The molecule has 0 fully saturated rings. The van der Waals surface area contributed by atoms with E-state index in [0.717, 1.165) is 19.6 Å². The van der Waals surface area contributed by atoms with Crippen LogP contribution in [0.5, 0.6) is 0 Å². The number of aryl methyl sites for hydroxylation is 1. The molecule has 0 unspecified atom stereocenters.